The molecule has 0 radical (unpaired) electrons. The van der Waals surface area contributed by atoms with Crippen LogP contribution < -0.4 is 26.2 Å². The van der Waals surface area contributed by atoms with Crippen molar-refractivity contribution < 1.29 is 4.11 Å². The molecule has 358 valence electrons. The van der Waals surface area contributed by atoms with Gasteiger partial charge in [-0.25, -0.2) is 0 Å². The standard InChI is InChI=1S/C67H77BN2/c1-42-35-59-61-60(36-42)70(56-31-27-48(64(8,9)10)38-51(56)45-20-18-19-44(37-45)43-21-23-46(24-22-43)62(2,3)4)58-41-53-52(66(14,15)33-34-67(53,16)17)40-55(58)68(61)54-39-49(65(11,12)13)28-32-57(54)69(59)50-29-25-47(26-30-50)63(5,6)7/h18-32,35-41H,33-34H2,1-17H3/i1D3. The molecule has 0 N–H and O–H groups in total. The number of benzene rings is 7. The van der Waals surface area contributed by atoms with Crippen LogP contribution in [0.15, 0.2) is 133 Å². The first-order valence-electron chi connectivity index (χ1n) is 27.4. The molecule has 0 unspecified atom stereocenters. The SMILES string of the molecule is [2H]C([2H])([2H])c1cc2c3c(c1)N(c1ccc(C(C)(C)C)cc1-c1cccc(-c4ccc(C(C)(C)C)cc4)c1)c1cc4c(cc1B3c1cc(C(C)(C)C)ccc1N2c1ccc(C(C)(C)C)cc1)C(C)(C)CCC4(C)C. The van der Waals surface area contributed by atoms with Crippen molar-refractivity contribution >= 4 is 57.2 Å². The zero-order valence-corrected chi connectivity index (χ0v) is 45.1. The predicted molar refractivity (Wildman–Crippen MR) is 306 cm³/mol. The van der Waals surface area contributed by atoms with Crippen molar-refractivity contribution in [1.82, 2.24) is 0 Å². The topological polar surface area (TPSA) is 6.48 Å². The quantitative estimate of drug-likeness (QED) is 0.162. The van der Waals surface area contributed by atoms with Crippen molar-refractivity contribution in [3.8, 4) is 22.3 Å². The predicted octanol–water partition coefficient (Wildman–Crippen LogP) is 17.0. The Balaban J connectivity index is 1.33. The summed E-state index contributed by atoms with van der Waals surface area (Å²) in [6.45, 7) is 34.5. The van der Waals surface area contributed by atoms with Crippen LogP contribution in [0.2, 0.25) is 0 Å². The lowest BCUT2D eigenvalue weighted by molar-refractivity contribution is 0.332. The van der Waals surface area contributed by atoms with Crippen molar-refractivity contribution in [2.24, 2.45) is 0 Å². The monoisotopic (exact) mass is 924 g/mol. The molecule has 1 aliphatic carbocycles. The minimum atomic E-state index is -2.39. The molecular formula is C67H77BN2. The first-order valence-corrected chi connectivity index (χ1v) is 25.9. The summed E-state index contributed by atoms with van der Waals surface area (Å²) >= 11 is 0. The van der Waals surface area contributed by atoms with Crippen molar-refractivity contribution in [3.05, 3.63) is 172 Å². The summed E-state index contributed by atoms with van der Waals surface area (Å²) in [5.41, 5.74) is 22.1. The van der Waals surface area contributed by atoms with Gasteiger partial charge in [-0.15, -0.1) is 0 Å². The molecule has 10 rings (SSSR count). The summed E-state index contributed by atoms with van der Waals surface area (Å²) in [5.74, 6) is 0. The highest BCUT2D eigenvalue weighted by atomic mass is 15.2. The first kappa shape index (κ1) is 44.2. The van der Waals surface area contributed by atoms with Gasteiger partial charge in [0.05, 0.1) is 5.69 Å². The van der Waals surface area contributed by atoms with Gasteiger partial charge in [0.1, 0.15) is 0 Å². The Kier molecular flexibility index (Phi) is 10.2. The molecule has 7 aromatic carbocycles. The van der Waals surface area contributed by atoms with Crippen molar-refractivity contribution in [2.75, 3.05) is 9.80 Å². The third-order valence-electron chi connectivity index (χ3n) is 16.3. The Morgan fingerprint density at radius 3 is 1.49 bits per heavy atom. The van der Waals surface area contributed by atoms with E-state index in [1.807, 2.05) is 12.1 Å². The van der Waals surface area contributed by atoms with E-state index in [2.05, 4.69) is 242 Å². The van der Waals surface area contributed by atoms with Gasteiger partial charge < -0.3 is 9.80 Å². The van der Waals surface area contributed by atoms with E-state index in [9.17, 15) is 4.11 Å². The largest absolute Gasteiger partial charge is 0.311 e. The number of fused-ring (bicyclic) bond motifs is 5. The Bertz CT molecular complexity index is 3310. The molecule has 0 spiro atoms. The Morgan fingerprint density at radius 1 is 0.429 bits per heavy atom. The smallest absolute Gasteiger partial charge is 0.252 e. The van der Waals surface area contributed by atoms with Crippen LogP contribution in [0.1, 0.15) is 167 Å². The average molecular weight is 924 g/mol. The van der Waals surface area contributed by atoms with E-state index in [-0.39, 0.29) is 39.2 Å². The molecule has 2 aliphatic heterocycles. The van der Waals surface area contributed by atoms with E-state index in [4.69, 9.17) is 0 Å². The second-order valence-corrected chi connectivity index (χ2v) is 26.5. The zero-order chi connectivity index (χ0) is 52.7. The van der Waals surface area contributed by atoms with Crippen molar-refractivity contribution in [1.29, 1.82) is 0 Å². The second kappa shape index (κ2) is 16.1. The van der Waals surface area contributed by atoms with Gasteiger partial charge in [-0.2, -0.15) is 0 Å². The van der Waals surface area contributed by atoms with E-state index >= 15 is 0 Å². The van der Waals surface area contributed by atoms with Crippen molar-refractivity contribution in [3.63, 3.8) is 0 Å². The van der Waals surface area contributed by atoms with E-state index < -0.39 is 6.85 Å². The molecule has 2 heterocycles. The number of nitrogens with zero attached hydrogens (tertiary/aromatic N) is 2. The molecule has 0 aromatic heterocycles. The van der Waals surface area contributed by atoms with E-state index in [1.165, 1.54) is 49.9 Å². The highest BCUT2D eigenvalue weighted by Crippen LogP contribution is 2.52. The van der Waals surface area contributed by atoms with Gasteiger partial charge in [0.25, 0.3) is 6.71 Å². The number of rotatable bonds is 4. The normalized spacial score (nSPS) is 16.9. The summed E-state index contributed by atoms with van der Waals surface area (Å²) in [6.07, 6.45) is 2.18. The van der Waals surface area contributed by atoms with Gasteiger partial charge in [-0.1, -0.05) is 190 Å². The molecule has 3 aliphatic rings. The van der Waals surface area contributed by atoms with Gasteiger partial charge in [0, 0.05) is 38.1 Å². The highest BCUT2D eigenvalue weighted by Gasteiger charge is 2.47. The maximum Gasteiger partial charge on any atom is 0.252 e. The molecule has 0 fully saturated rings. The Morgan fingerprint density at radius 2 is 0.914 bits per heavy atom. The fourth-order valence-electron chi connectivity index (χ4n) is 11.6. The van der Waals surface area contributed by atoms with E-state index in [1.54, 1.807) is 0 Å². The lowest BCUT2D eigenvalue weighted by Crippen LogP contribution is -2.62. The number of anilines is 6. The molecule has 0 saturated carbocycles. The lowest BCUT2D eigenvalue weighted by Gasteiger charge is -2.48. The highest BCUT2D eigenvalue weighted by molar-refractivity contribution is 7.00. The van der Waals surface area contributed by atoms with E-state index in [0.29, 0.717) is 5.56 Å². The van der Waals surface area contributed by atoms with Crippen LogP contribution >= 0.6 is 0 Å². The summed E-state index contributed by atoms with van der Waals surface area (Å²) in [7, 11) is 0. The van der Waals surface area contributed by atoms with Gasteiger partial charge in [-0.05, 0) is 179 Å². The molecule has 7 aromatic rings. The van der Waals surface area contributed by atoms with Crippen LogP contribution in [0.5, 0.6) is 0 Å². The summed E-state index contributed by atoms with van der Waals surface area (Å²) in [5, 5.41) is 0. The van der Waals surface area contributed by atoms with Crippen LogP contribution in [-0.2, 0) is 32.5 Å². The molecule has 0 bridgehead atoms. The summed E-state index contributed by atoms with van der Waals surface area (Å²) in [6, 6.07) is 50.3. The van der Waals surface area contributed by atoms with Gasteiger partial charge in [0.2, 0.25) is 0 Å². The molecular weight excluding hydrogens is 844 g/mol. The maximum atomic E-state index is 9.20. The molecule has 0 amide bonds. The van der Waals surface area contributed by atoms with Gasteiger partial charge in [0.15, 0.2) is 0 Å². The second-order valence-electron chi connectivity index (χ2n) is 26.5. The number of aryl methyl sites for hydroxylation is 1. The molecule has 70 heavy (non-hydrogen) atoms. The molecule has 0 atom stereocenters. The molecule has 0 saturated heterocycles. The molecule has 3 heteroatoms. The van der Waals surface area contributed by atoms with Crippen LogP contribution in [-0.4, -0.2) is 6.71 Å². The van der Waals surface area contributed by atoms with Crippen LogP contribution in [0.3, 0.4) is 0 Å². The fourth-order valence-corrected chi connectivity index (χ4v) is 11.6. The van der Waals surface area contributed by atoms with E-state index in [0.717, 1.165) is 69.1 Å². The minimum Gasteiger partial charge on any atom is -0.311 e. The van der Waals surface area contributed by atoms with Gasteiger partial charge >= 0.3 is 0 Å². The van der Waals surface area contributed by atoms with Crippen LogP contribution in [0.4, 0.5) is 34.1 Å². The average Bonchev–Trinajstić information content (AvgIpc) is 3.31. The Labute approximate surface area is 426 Å². The van der Waals surface area contributed by atoms with Gasteiger partial charge in [-0.3, -0.25) is 0 Å². The third-order valence-corrected chi connectivity index (χ3v) is 16.3. The maximum absolute atomic E-state index is 9.20. The fraction of sp³-hybridized carbons (Fsp3) is 0.373. The summed E-state index contributed by atoms with van der Waals surface area (Å²) < 4.78 is 27.6. The zero-order valence-electron chi connectivity index (χ0n) is 48.1. The Hall–Kier alpha value is -5.80. The van der Waals surface area contributed by atoms with Crippen LogP contribution in [0.25, 0.3) is 22.3 Å². The first-order chi connectivity index (χ1) is 33.8. The number of hydrogen-bond donors (Lipinski definition) is 0. The minimum absolute atomic E-state index is 0.0340. The molecule has 2 nitrogen and oxygen atoms in total. The summed E-state index contributed by atoms with van der Waals surface area (Å²) in [4.78, 5) is 4.84. The van der Waals surface area contributed by atoms with Crippen LogP contribution in [0, 0.1) is 6.85 Å². The third kappa shape index (κ3) is 8.14. The number of hydrogen-bond acceptors (Lipinski definition) is 2. The lowest BCUT2D eigenvalue weighted by atomic mass is 9.33. The van der Waals surface area contributed by atoms with Crippen molar-refractivity contribution in [2.45, 2.75) is 163 Å².